The normalized spacial score (nSPS) is 11.2. The third-order valence-electron chi connectivity index (χ3n) is 2.87. The van der Waals surface area contributed by atoms with Gasteiger partial charge in [0.05, 0.1) is 17.7 Å². The highest BCUT2D eigenvalue weighted by molar-refractivity contribution is 14.1. The van der Waals surface area contributed by atoms with Gasteiger partial charge >= 0.3 is 0 Å². The molecule has 0 saturated heterocycles. The van der Waals surface area contributed by atoms with Crippen molar-refractivity contribution in [3.63, 3.8) is 0 Å². The molecule has 0 aliphatic carbocycles. The van der Waals surface area contributed by atoms with Crippen molar-refractivity contribution in [3.05, 3.63) is 51.3 Å². The number of rotatable bonds is 4. The molecule has 1 N–H and O–H groups in total. The summed E-state index contributed by atoms with van der Waals surface area (Å²) in [5.41, 5.74) is 1.29. The second-order valence-electron chi connectivity index (χ2n) is 4.36. The summed E-state index contributed by atoms with van der Waals surface area (Å²) in [6.45, 7) is 1.81. The van der Waals surface area contributed by atoms with Gasteiger partial charge < -0.3 is 4.74 Å². The number of aryl methyl sites for hydroxylation is 1. The maximum Gasteiger partial charge on any atom is 0.262 e. The Balaban J connectivity index is 2.38. The quantitative estimate of drug-likeness (QED) is 0.769. The van der Waals surface area contributed by atoms with Gasteiger partial charge in [-0.1, -0.05) is 0 Å². The Morgan fingerprint density at radius 2 is 1.90 bits per heavy atom. The maximum atomic E-state index is 13.4. The smallest absolute Gasteiger partial charge is 0.262 e. The Hall–Kier alpha value is -1.35. The molecule has 0 heterocycles. The van der Waals surface area contributed by atoms with Crippen LogP contribution in [0.4, 0.5) is 10.1 Å². The Morgan fingerprint density at radius 3 is 2.52 bits per heavy atom. The lowest BCUT2D eigenvalue weighted by Crippen LogP contribution is -2.14. The molecular weight excluding hydrogens is 408 g/mol. The molecule has 7 heteroatoms. The highest BCUT2D eigenvalue weighted by Gasteiger charge is 2.17. The van der Waals surface area contributed by atoms with E-state index in [1.807, 2.05) is 13.0 Å². The second kappa shape index (κ2) is 6.18. The van der Waals surface area contributed by atoms with E-state index in [-0.39, 0.29) is 10.6 Å². The molecule has 0 spiro atoms. The van der Waals surface area contributed by atoms with Crippen LogP contribution in [0.3, 0.4) is 0 Å². The van der Waals surface area contributed by atoms with Crippen molar-refractivity contribution in [1.82, 2.24) is 0 Å². The van der Waals surface area contributed by atoms with E-state index in [9.17, 15) is 12.8 Å². The summed E-state index contributed by atoms with van der Waals surface area (Å²) in [5.74, 6) is -0.723. The monoisotopic (exact) mass is 421 g/mol. The summed E-state index contributed by atoms with van der Waals surface area (Å²) in [6.07, 6.45) is 0. The summed E-state index contributed by atoms with van der Waals surface area (Å²) in [6, 6.07) is 8.77. The average Bonchev–Trinajstić information content (AvgIpc) is 2.42. The van der Waals surface area contributed by atoms with Crippen molar-refractivity contribution in [3.8, 4) is 5.75 Å². The van der Waals surface area contributed by atoms with Crippen molar-refractivity contribution >= 4 is 38.3 Å². The number of sulfonamides is 1. The van der Waals surface area contributed by atoms with Crippen LogP contribution in [0.1, 0.15) is 5.56 Å². The zero-order valence-electron chi connectivity index (χ0n) is 11.4. The van der Waals surface area contributed by atoms with Gasteiger partial charge in [-0.25, -0.2) is 12.8 Å². The van der Waals surface area contributed by atoms with Crippen LogP contribution < -0.4 is 9.46 Å². The third-order valence-corrected chi connectivity index (χ3v) is 4.90. The second-order valence-corrected chi connectivity index (χ2v) is 7.29. The number of methoxy groups -OCH3 is 1. The predicted molar refractivity (Wildman–Crippen MR) is 87.7 cm³/mol. The number of nitrogens with one attached hydrogen (secondary N) is 1. The minimum absolute atomic E-state index is 0.0568. The lowest BCUT2D eigenvalue weighted by molar-refractivity contribution is 0.385. The zero-order valence-corrected chi connectivity index (χ0v) is 14.3. The fraction of sp³-hybridized carbons (Fsp3) is 0.143. The standard InChI is InChI=1S/C14H13FINO3S/c1-9-7-10(16)3-6-13(9)17-21(18,19)11-4-5-12(15)14(8-11)20-2/h3-8,17H,1-2H3. The number of anilines is 1. The third kappa shape index (κ3) is 3.65. The molecule has 0 aliphatic rings. The molecule has 0 aliphatic heterocycles. The van der Waals surface area contributed by atoms with Gasteiger partial charge in [0.1, 0.15) is 0 Å². The first kappa shape index (κ1) is 16.0. The summed E-state index contributed by atoms with van der Waals surface area (Å²) in [7, 11) is -2.51. The van der Waals surface area contributed by atoms with Crippen LogP contribution in [-0.2, 0) is 10.0 Å². The van der Waals surface area contributed by atoms with Crippen molar-refractivity contribution in [1.29, 1.82) is 0 Å². The number of halogens is 2. The summed E-state index contributed by atoms with van der Waals surface area (Å²) >= 11 is 2.15. The van der Waals surface area contributed by atoms with Gasteiger partial charge in [0, 0.05) is 9.64 Å². The Morgan fingerprint density at radius 1 is 1.19 bits per heavy atom. The van der Waals surface area contributed by atoms with E-state index in [4.69, 9.17) is 4.74 Å². The summed E-state index contributed by atoms with van der Waals surface area (Å²) < 4.78 is 46.3. The van der Waals surface area contributed by atoms with Crippen LogP contribution in [-0.4, -0.2) is 15.5 Å². The Bertz CT molecular complexity index is 778. The fourth-order valence-corrected chi connectivity index (χ4v) is 3.55. The van der Waals surface area contributed by atoms with Crippen LogP contribution in [0.15, 0.2) is 41.3 Å². The molecule has 2 aromatic rings. The molecule has 21 heavy (non-hydrogen) atoms. The van der Waals surface area contributed by atoms with E-state index in [0.717, 1.165) is 21.3 Å². The van der Waals surface area contributed by atoms with Crippen molar-refractivity contribution in [2.75, 3.05) is 11.8 Å². The number of ether oxygens (including phenoxy) is 1. The molecule has 0 aromatic heterocycles. The minimum Gasteiger partial charge on any atom is -0.494 e. The largest absolute Gasteiger partial charge is 0.494 e. The number of benzene rings is 2. The van der Waals surface area contributed by atoms with Gasteiger partial charge in [-0.05, 0) is 65.4 Å². The molecule has 0 radical (unpaired) electrons. The van der Waals surface area contributed by atoms with E-state index in [1.165, 1.54) is 13.2 Å². The van der Waals surface area contributed by atoms with E-state index in [1.54, 1.807) is 12.1 Å². The van der Waals surface area contributed by atoms with Crippen molar-refractivity contribution < 1.29 is 17.5 Å². The molecule has 0 atom stereocenters. The summed E-state index contributed by atoms with van der Waals surface area (Å²) in [5, 5.41) is 0. The average molecular weight is 421 g/mol. The molecule has 2 rings (SSSR count). The molecule has 2 aromatic carbocycles. The van der Waals surface area contributed by atoms with Gasteiger partial charge in [-0.3, -0.25) is 4.72 Å². The fourth-order valence-electron chi connectivity index (χ4n) is 1.75. The van der Waals surface area contributed by atoms with Crippen LogP contribution in [0.25, 0.3) is 0 Å². The maximum absolute atomic E-state index is 13.4. The first-order chi connectivity index (χ1) is 9.83. The lowest BCUT2D eigenvalue weighted by Gasteiger charge is -2.12. The number of hydrogen-bond donors (Lipinski definition) is 1. The SMILES string of the molecule is COc1cc(S(=O)(=O)Nc2ccc(I)cc2C)ccc1F. The topological polar surface area (TPSA) is 55.4 Å². The molecule has 0 fully saturated rings. The van der Waals surface area contributed by atoms with Gasteiger partial charge in [-0.2, -0.15) is 0 Å². The van der Waals surface area contributed by atoms with Gasteiger partial charge in [0.25, 0.3) is 10.0 Å². The highest BCUT2D eigenvalue weighted by Crippen LogP contribution is 2.25. The van der Waals surface area contributed by atoms with Crippen molar-refractivity contribution in [2.24, 2.45) is 0 Å². The van der Waals surface area contributed by atoms with Crippen LogP contribution in [0.2, 0.25) is 0 Å². The molecular formula is C14H13FINO3S. The van der Waals surface area contributed by atoms with E-state index in [0.29, 0.717) is 5.69 Å². The first-order valence-electron chi connectivity index (χ1n) is 5.96. The van der Waals surface area contributed by atoms with Gasteiger partial charge in [0.15, 0.2) is 11.6 Å². The molecule has 0 bridgehead atoms. The number of hydrogen-bond acceptors (Lipinski definition) is 3. The molecule has 112 valence electrons. The molecule has 4 nitrogen and oxygen atoms in total. The van der Waals surface area contributed by atoms with Gasteiger partial charge in [0.2, 0.25) is 0 Å². The van der Waals surface area contributed by atoms with Crippen LogP contribution in [0.5, 0.6) is 5.75 Å². The summed E-state index contributed by atoms with van der Waals surface area (Å²) in [4.78, 5) is -0.0568. The molecule has 0 saturated carbocycles. The Kier molecular flexibility index (Phi) is 4.72. The van der Waals surface area contributed by atoms with E-state index < -0.39 is 15.8 Å². The molecule has 0 unspecified atom stereocenters. The minimum atomic E-state index is -3.80. The zero-order chi connectivity index (χ0) is 15.6. The van der Waals surface area contributed by atoms with Crippen LogP contribution in [0, 0.1) is 16.3 Å². The highest BCUT2D eigenvalue weighted by atomic mass is 127. The lowest BCUT2D eigenvalue weighted by atomic mass is 10.2. The molecule has 0 amide bonds. The van der Waals surface area contributed by atoms with Gasteiger partial charge in [-0.15, -0.1) is 0 Å². The van der Waals surface area contributed by atoms with Crippen molar-refractivity contribution in [2.45, 2.75) is 11.8 Å². The van der Waals surface area contributed by atoms with E-state index in [2.05, 4.69) is 27.3 Å². The van der Waals surface area contributed by atoms with E-state index >= 15 is 0 Å². The van der Waals surface area contributed by atoms with Crippen LogP contribution >= 0.6 is 22.6 Å². The Labute approximate surface area is 136 Å². The first-order valence-corrected chi connectivity index (χ1v) is 8.52. The predicted octanol–water partition coefficient (Wildman–Crippen LogP) is 3.55.